The van der Waals surface area contributed by atoms with Crippen molar-refractivity contribution in [1.82, 2.24) is 4.90 Å². The summed E-state index contributed by atoms with van der Waals surface area (Å²) in [5.41, 5.74) is 1.69. The lowest BCUT2D eigenvalue weighted by atomic mass is 10.1. The van der Waals surface area contributed by atoms with E-state index in [1.165, 1.54) is 12.8 Å². The molecule has 1 saturated heterocycles. The molecule has 0 aromatic heterocycles. The van der Waals surface area contributed by atoms with Crippen molar-refractivity contribution in [2.75, 3.05) is 39.5 Å². The molecule has 1 aliphatic rings. The summed E-state index contributed by atoms with van der Waals surface area (Å²) in [5, 5.41) is 0. The van der Waals surface area contributed by atoms with Crippen LogP contribution in [0.1, 0.15) is 35.2 Å². The van der Waals surface area contributed by atoms with Crippen LogP contribution >= 0.6 is 0 Å². The van der Waals surface area contributed by atoms with E-state index in [9.17, 15) is 4.79 Å². The van der Waals surface area contributed by atoms with Crippen LogP contribution in [0.5, 0.6) is 5.75 Å². The summed E-state index contributed by atoms with van der Waals surface area (Å²) in [7, 11) is 0. The van der Waals surface area contributed by atoms with E-state index in [-0.39, 0.29) is 5.78 Å². The Morgan fingerprint density at radius 2 is 1.71 bits per heavy atom. The summed E-state index contributed by atoms with van der Waals surface area (Å²) < 4.78 is 11.2. The predicted molar refractivity (Wildman–Crippen MR) is 113 cm³/mol. The number of ketones is 1. The van der Waals surface area contributed by atoms with E-state index in [1.807, 2.05) is 60.7 Å². The number of nitrogens with zero attached hydrogens (tertiary/aromatic N) is 1. The van der Waals surface area contributed by atoms with Gasteiger partial charge in [-0.1, -0.05) is 48.5 Å². The fraction of sp³-hybridized carbons (Fsp3) is 0.375. The van der Waals surface area contributed by atoms with E-state index in [2.05, 4.69) is 4.90 Å². The monoisotopic (exact) mass is 379 g/mol. The van der Waals surface area contributed by atoms with Gasteiger partial charge in [0.25, 0.3) is 0 Å². The zero-order valence-corrected chi connectivity index (χ0v) is 16.4. The third kappa shape index (κ3) is 6.95. The Labute approximate surface area is 167 Å². The van der Waals surface area contributed by atoms with Gasteiger partial charge >= 0.3 is 0 Å². The van der Waals surface area contributed by atoms with Crippen LogP contribution in [0.25, 0.3) is 6.08 Å². The Balaban J connectivity index is 1.33. The number of unbranched alkanes of at least 4 members (excludes halogenated alkanes) is 2. The second-order valence-electron chi connectivity index (χ2n) is 7.00. The fourth-order valence-electron chi connectivity index (χ4n) is 3.17. The van der Waals surface area contributed by atoms with Gasteiger partial charge in [-0.15, -0.1) is 0 Å². The standard InChI is InChI=1S/C24H29NO3/c26-24(22-7-3-1-4-8-22)14-11-21-9-12-23(13-10-21)28-18-6-2-5-15-25-16-19-27-20-17-25/h1,3-4,7-14H,2,5-6,15-20H2/b14-11+. The second-order valence-corrected chi connectivity index (χ2v) is 7.00. The van der Waals surface area contributed by atoms with Crippen molar-refractivity contribution in [3.05, 3.63) is 71.8 Å². The first-order valence-electron chi connectivity index (χ1n) is 10.1. The van der Waals surface area contributed by atoms with E-state index >= 15 is 0 Å². The van der Waals surface area contributed by atoms with Gasteiger partial charge in [0.1, 0.15) is 5.75 Å². The molecular formula is C24H29NO3. The molecule has 1 heterocycles. The summed E-state index contributed by atoms with van der Waals surface area (Å²) in [6, 6.07) is 17.2. The van der Waals surface area contributed by atoms with E-state index in [1.54, 1.807) is 6.08 Å². The van der Waals surface area contributed by atoms with Crippen molar-refractivity contribution in [3.63, 3.8) is 0 Å². The predicted octanol–water partition coefficient (Wildman–Crippen LogP) is 4.46. The molecule has 0 unspecified atom stereocenters. The summed E-state index contributed by atoms with van der Waals surface area (Å²) in [5.74, 6) is 0.887. The summed E-state index contributed by atoms with van der Waals surface area (Å²) in [4.78, 5) is 14.6. The van der Waals surface area contributed by atoms with Gasteiger partial charge in [-0.25, -0.2) is 0 Å². The van der Waals surface area contributed by atoms with Crippen LogP contribution in [-0.4, -0.2) is 50.1 Å². The number of benzene rings is 2. The molecule has 0 aliphatic carbocycles. The van der Waals surface area contributed by atoms with Crippen molar-refractivity contribution in [2.24, 2.45) is 0 Å². The average molecular weight is 380 g/mol. The largest absolute Gasteiger partial charge is 0.494 e. The number of rotatable bonds is 10. The van der Waals surface area contributed by atoms with Crippen molar-refractivity contribution >= 4 is 11.9 Å². The van der Waals surface area contributed by atoms with Gasteiger partial charge in [-0.3, -0.25) is 9.69 Å². The van der Waals surface area contributed by atoms with E-state index < -0.39 is 0 Å². The Morgan fingerprint density at radius 3 is 2.46 bits per heavy atom. The third-order valence-electron chi connectivity index (χ3n) is 4.86. The fourth-order valence-corrected chi connectivity index (χ4v) is 3.17. The summed E-state index contributed by atoms with van der Waals surface area (Å²) >= 11 is 0. The SMILES string of the molecule is O=C(/C=C/c1ccc(OCCCCCN2CCOCC2)cc1)c1ccccc1. The van der Waals surface area contributed by atoms with Gasteiger partial charge in [0, 0.05) is 18.7 Å². The summed E-state index contributed by atoms with van der Waals surface area (Å²) in [6.07, 6.45) is 6.91. The Kier molecular flexibility index (Phi) is 8.28. The zero-order valence-electron chi connectivity index (χ0n) is 16.4. The van der Waals surface area contributed by atoms with Crippen molar-refractivity contribution in [2.45, 2.75) is 19.3 Å². The second kappa shape index (κ2) is 11.4. The van der Waals surface area contributed by atoms with Gasteiger partial charge in [0.05, 0.1) is 19.8 Å². The van der Waals surface area contributed by atoms with Gasteiger partial charge in [0.15, 0.2) is 5.78 Å². The lowest BCUT2D eigenvalue weighted by Crippen LogP contribution is -2.36. The number of hydrogen-bond donors (Lipinski definition) is 0. The number of carbonyl (C=O) groups excluding carboxylic acids is 1. The topological polar surface area (TPSA) is 38.8 Å². The molecule has 2 aromatic carbocycles. The van der Waals surface area contributed by atoms with Gasteiger partial charge < -0.3 is 9.47 Å². The minimum Gasteiger partial charge on any atom is -0.494 e. The minimum absolute atomic E-state index is 0.0120. The molecule has 2 aromatic rings. The maximum atomic E-state index is 12.1. The quantitative estimate of drug-likeness (QED) is 0.347. The summed E-state index contributed by atoms with van der Waals surface area (Å²) in [6.45, 7) is 5.77. The Hall–Kier alpha value is -2.43. The molecule has 4 nitrogen and oxygen atoms in total. The molecule has 1 fully saturated rings. The lowest BCUT2D eigenvalue weighted by molar-refractivity contribution is 0.0370. The first kappa shape index (κ1) is 20.3. The van der Waals surface area contributed by atoms with Crippen molar-refractivity contribution < 1.29 is 14.3 Å². The highest BCUT2D eigenvalue weighted by atomic mass is 16.5. The highest BCUT2D eigenvalue weighted by Crippen LogP contribution is 2.14. The molecule has 1 aliphatic heterocycles. The molecule has 0 N–H and O–H groups in total. The molecule has 148 valence electrons. The Bertz CT molecular complexity index is 734. The smallest absolute Gasteiger partial charge is 0.185 e. The van der Waals surface area contributed by atoms with E-state index in [0.29, 0.717) is 5.56 Å². The molecule has 0 radical (unpaired) electrons. The minimum atomic E-state index is 0.0120. The zero-order chi connectivity index (χ0) is 19.4. The van der Waals surface area contributed by atoms with E-state index in [0.717, 1.165) is 57.2 Å². The van der Waals surface area contributed by atoms with Crippen LogP contribution in [0.2, 0.25) is 0 Å². The molecule has 0 spiro atoms. The number of carbonyl (C=O) groups is 1. The van der Waals surface area contributed by atoms with Crippen LogP contribution < -0.4 is 4.74 Å². The first-order chi connectivity index (χ1) is 13.8. The number of morpholine rings is 1. The average Bonchev–Trinajstić information content (AvgIpc) is 2.76. The van der Waals surface area contributed by atoms with Crippen molar-refractivity contribution in [1.29, 1.82) is 0 Å². The van der Waals surface area contributed by atoms with E-state index in [4.69, 9.17) is 9.47 Å². The molecule has 3 rings (SSSR count). The highest BCUT2D eigenvalue weighted by Gasteiger charge is 2.08. The lowest BCUT2D eigenvalue weighted by Gasteiger charge is -2.26. The first-order valence-corrected chi connectivity index (χ1v) is 10.1. The molecule has 0 amide bonds. The molecular weight excluding hydrogens is 350 g/mol. The maximum Gasteiger partial charge on any atom is 0.185 e. The molecule has 0 saturated carbocycles. The van der Waals surface area contributed by atoms with Crippen LogP contribution in [0.4, 0.5) is 0 Å². The third-order valence-corrected chi connectivity index (χ3v) is 4.86. The van der Waals surface area contributed by atoms with Crippen LogP contribution in [0.3, 0.4) is 0 Å². The van der Waals surface area contributed by atoms with Gasteiger partial charge in [-0.2, -0.15) is 0 Å². The van der Waals surface area contributed by atoms with Crippen LogP contribution in [-0.2, 0) is 4.74 Å². The highest BCUT2D eigenvalue weighted by molar-refractivity contribution is 6.06. The number of ether oxygens (including phenoxy) is 2. The van der Waals surface area contributed by atoms with Gasteiger partial charge in [-0.05, 0) is 49.6 Å². The number of allylic oxidation sites excluding steroid dienone is 1. The molecule has 4 heteroatoms. The normalized spacial score (nSPS) is 15.0. The van der Waals surface area contributed by atoms with Crippen molar-refractivity contribution in [3.8, 4) is 5.75 Å². The molecule has 0 bridgehead atoms. The Morgan fingerprint density at radius 1 is 0.964 bits per heavy atom. The molecule has 28 heavy (non-hydrogen) atoms. The van der Waals surface area contributed by atoms with Gasteiger partial charge in [0.2, 0.25) is 0 Å². The maximum absolute atomic E-state index is 12.1. The van der Waals surface area contributed by atoms with Crippen LogP contribution in [0.15, 0.2) is 60.7 Å². The van der Waals surface area contributed by atoms with Crippen LogP contribution in [0, 0.1) is 0 Å². The number of hydrogen-bond acceptors (Lipinski definition) is 4. The molecule has 0 atom stereocenters.